The Balaban J connectivity index is 2.35. The van der Waals surface area contributed by atoms with E-state index in [2.05, 4.69) is 5.10 Å². The lowest BCUT2D eigenvalue weighted by molar-refractivity contribution is 0.287. The number of aryl methyl sites for hydroxylation is 1. The lowest BCUT2D eigenvalue weighted by atomic mass is 9.98. The van der Waals surface area contributed by atoms with Crippen LogP contribution in [-0.4, -0.2) is 58.6 Å². The summed E-state index contributed by atoms with van der Waals surface area (Å²) < 4.78 is 30.3. The van der Waals surface area contributed by atoms with E-state index in [0.29, 0.717) is 18.9 Å². The van der Waals surface area contributed by atoms with Crippen molar-refractivity contribution in [1.82, 2.24) is 23.0 Å². The van der Waals surface area contributed by atoms with Crippen molar-refractivity contribution in [3.8, 4) is 0 Å². The average molecular weight is 331 g/mol. The standard InChI is InChI=1S/C13H25N5O3S/c1-10(2)18-12(14-16(5)13(18)19)11-7-6-8-17(9-11)22(20,21)15(3)4/h10-11H,6-9H2,1-5H3. The molecular formula is C13H25N5O3S. The number of nitrogens with zero attached hydrogens (tertiary/aromatic N) is 5. The second-order valence-corrected chi connectivity index (χ2v) is 8.36. The van der Waals surface area contributed by atoms with Gasteiger partial charge in [-0.15, -0.1) is 0 Å². The van der Waals surface area contributed by atoms with Crippen molar-refractivity contribution in [2.24, 2.45) is 7.05 Å². The minimum absolute atomic E-state index is 0.00275. The maximum Gasteiger partial charge on any atom is 0.345 e. The highest BCUT2D eigenvalue weighted by Crippen LogP contribution is 2.28. The van der Waals surface area contributed by atoms with Crippen molar-refractivity contribution >= 4 is 10.2 Å². The van der Waals surface area contributed by atoms with Gasteiger partial charge in [0.2, 0.25) is 0 Å². The Hall–Kier alpha value is -1.19. The maximum atomic E-state index is 12.3. The molecule has 0 spiro atoms. The van der Waals surface area contributed by atoms with E-state index >= 15 is 0 Å². The van der Waals surface area contributed by atoms with Crippen molar-refractivity contribution in [3.05, 3.63) is 16.3 Å². The average Bonchev–Trinajstić information content (AvgIpc) is 2.75. The first-order valence-corrected chi connectivity index (χ1v) is 8.89. The molecule has 1 atom stereocenters. The Labute approximate surface area is 131 Å². The molecule has 0 aliphatic carbocycles. The molecule has 1 aromatic rings. The molecule has 2 rings (SSSR count). The topological polar surface area (TPSA) is 80.4 Å². The summed E-state index contributed by atoms with van der Waals surface area (Å²) in [5.74, 6) is 0.626. The summed E-state index contributed by atoms with van der Waals surface area (Å²) in [4.78, 5) is 12.2. The summed E-state index contributed by atoms with van der Waals surface area (Å²) in [6.07, 6.45) is 1.60. The van der Waals surface area contributed by atoms with E-state index in [1.54, 1.807) is 11.6 Å². The smallest absolute Gasteiger partial charge is 0.276 e. The van der Waals surface area contributed by atoms with Gasteiger partial charge in [0.1, 0.15) is 5.82 Å². The van der Waals surface area contributed by atoms with E-state index in [0.717, 1.165) is 12.8 Å². The van der Waals surface area contributed by atoms with E-state index < -0.39 is 10.2 Å². The van der Waals surface area contributed by atoms with E-state index in [1.165, 1.54) is 27.4 Å². The molecule has 1 unspecified atom stereocenters. The van der Waals surface area contributed by atoms with E-state index in [1.807, 2.05) is 13.8 Å². The van der Waals surface area contributed by atoms with Crippen LogP contribution in [0.5, 0.6) is 0 Å². The van der Waals surface area contributed by atoms with E-state index in [9.17, 15) is 13.2 Å². The van der Waals surface area contributed by atoms with Gasteiger partial charge in [0.15, 0.2) is 0 Å². The molecule has 0 amide bonds. The molecule has 0 bridgehead atoms. The normalized spacial score (nSPS) is 21.0. The monoisotopic (exact) mass is 331 g/mol. The van der Waals surface area contributed by atoms with Crippen molar-refractivity contribution in [2.45, 2.75) is 38.6 Å². The molecular weight excluding hydrogens is 306 g/mol. The highest BCUT2D eigenvalue weighted by molar-refractivity contribution is 7.86. The van der Waals surface area contributed by atoms with Crippen molar-refractivity contribution in [2.75, 3.05) is 27.2 Å². The van der Waals surface area contributed by atoms with Gasteiger partial charge < -0.3 is 0 Å². The first-order chi connectivity index (χ1) is 10.2. The quantitative estimate of drug-likeness (QED) is 0.786. The molecule has 1 fully saturated rings. The third-order valence-electron chi connectivity index (χ3n) is 4.04. The number of hydrogen-bond donors (Lipinski definition) is 0. The summed E-state index contributed by atoms with van der Waals surface area (Å²) in [6.45, 7) is 4.74. The number of rotatable bonds is 4. The molecule has 0 radical (unpaired) electrons. The van der Waals surface area contributed by atoms with E-state index in [-0.39, 0.29) is 17.6 Å². The third-order valence-corrected chi connectivity index (χ3v) is 5.94. The molecule has 2 heterocycles. The fourth-order valence-electron chi connectivity index (χ4n) is 2.86. The van der Waals surface area contributed by atoms with Gasteiger partial charge in [-0.3, -0.25) is 4.57 Å². The zero-order valence-electron chi connectivity index (χ0n) is 13.9. The zero-order valence-corrected chi connectivity index (χ0v) is 14.7. The van der Waals surface area contributed by atoms with Crippen molar-refractivity contribution in [1.29, 1.82) is 0 Å². The molecule has 1 aliphatic heterocycles. The third kappa shape index (κ3) is 2.97. The Morgan fingerprint density at radius 3 is 2.50 bits per heavy atom. The maximum absolute atomic E-state index is 12.3. The predicted octanol–water partition coefficient (Wildman–Crippen LogP) is 0.149. The molecule has 0 saturated carbocycles. The SMILES string of the molecule is CC(C)n1c(C2CCCN(S(=O)(=O)N(C)C)C2)nn(C)c1=O. The molecule has 1 saturated heterocycles. The molecule has 0 N–H and O–H groups in total. The van der Waals surface area contributed by atoms with Crippen molar-refractivity contribution in [3.63, 3.8) is 0 Å². The highest BCUT2D eigenvalue weighted by Gasteiger charge is 2.34. The fourth-order valence-corrected chi connectivity index (χ4v) is 4.05. The Morgan fingerprint density at radius 1 is 1.32 bits per heavy atom. The molecule has 9 heteroatoms. The van der Waals surface area contributed by atoms with Crippen LogP contribution in [0.1, 0.15) is 44.5 Å². The van der Waals surface area contributed by atoms with Crippen LogP contribution in [0.25, 0.3) is 0 Å². The van der Waals surface area contributed by atoms with Crippen LogP contribution < -0.4 is 5.69 Å². The van der Waals surface area contributed by atoms with Gasteiger partial charge in [0, 0.05) is 46.2 Å². The van der Waals surface area contributed by atoms with Crippen molar-refractivity contribution < 1.29 is 8.42 Å². The van der Waals surface area contributed by atoms with Gasteiger partial charge in [-0.2, -0.15) is 22.1 Å². The number of hydrogen-bond acceptors (Lipinski definition) is 4. The first-order valence-electron chi connectivity index (χ1n) is 7.49. The Morgan fingerprint density at radius 2 is 1.95 bits per heavy atom. The second-order valence-electron chi connectivity index (χ2n) is 6.22. The minimum atomic E-state index is -3.43. The van der Waals surface area contributed by atoms with Gasteiger partial charge >= 0.3 is 5.69 Å². The van der Waals surface area contributed by atoms with Gasteiger partial charge in [0.25, 0.3) is 10.2 Å². The Kier molecular flexibility index (Phi) is 4.78. The minimum Gasteiger partial charge on any atom is -0.276 e. The first kappa shape index (κ1) is 17.2. The predicted molar refractivity (Wildman–Crippen MR) is 84.0 cm³/mol. The molecule has 22 heavy (non-hydrogen) atoms. The summed E-state index contributed by atoms with van der Waals surface area (Å²) in [6, 6.07) is -0.00275. The molecule has 8 nitrogen and oxygen atoms in total. The van der Waals surface area contributed by atoms with Gasteiger partial charge in [-0.05, 0) is 26.7 Å². The Bertz CT molecular complexity index is 689. The van der Waals surface area contributed by atoms with Crippen LogP contribution in [0.15, 0.2) is 4.79 Å². The van der Waals surface area contributed by atoms with Crippen LogP contribution in [0.4, 0.5) is 0 Å². The second kappa shape index (κ2) is 6.13. The molecule has 0 aromatic carbocycles. The summed E-state index contributed by atoms with van der Waals surface area (Å²) in [7, 11) is 1.26. The van der Waals surface area contributed by atoms with Crippen LogP contribution in [-0.2, 0) is 17.3 Å². The lowest BCUT2D eigenvalue weighted by Gasteiger charge is -2.33. The van der Waals surface area contributed by atoms with Gasteiger partial charge in [-0.25, -0.2) is 9.48 Å². The zero-order chi connectivity index (χ0) is 16.7. The van der Waals surface area contributed by atoms with Crippen LogP contribution >= 0.6 is 0 Å². The summed E-state index contributed by atoms with van der Waals surface area (Å²) >= 11 is 0. The molecule has 126 valence electrons. The van der Waals surface area contributed by atoms with Crippen LogP contribution in [0.2, 0.25) is 0 Å². The van der Waals surface area contributed by atoms with Gasteiger partial charge in [-0.1, -0.05) is 0 Å². The van der Waals surface area contributed by atoms with Crippen LogP contribution in [0.3, 0.4) is 0 Å². The number of aromatic nitrogens is 3. The molecule has 1 aliphatic rings. The highest BCUT2D eigenvalue weighted by atomic mass is 32.2. The number of piperidine rings is 1. The molecule has 1 aromatic heterocycles. The largest absolute Gasteiger partial charge is 0.345 e. The lowest BCUT2D eigenvalue weighted by Crippen LogP contribution is -2.45. The van der Waals surface area contributed by atoms with Crippen LogP contribution in [0, 0.1) is 0 Å². The fraction of sp³-hybridized carbons (Fsp3) is 0.846. The summed E-state index contributed by atoms with van der Waals surface area (Å²) in [5, 5.41) is 4.35. The van der Waals surface area contributed by atoms with E-state index in [4.69, 9.17) is 0 Å². The van der Waals surface area contributed by atoms with Gasteiger partial charge in [0.05, 0.1) is 0 Å². The summed E-state index contributed by atoms with van der Waals surface area (Å²) in [5.41, 5.74) is -0.155.